The number of hydrazone groups is 1. The molecule has 0 heterocycles. The van der Waals surface area contributed by atoms with Crippen LogP contribution in [0.15, 0.2) is 59.7 Å². The Bertz CT molecular complexity index is 695. The lowest BCUT2D eigenvalue weighted by molar-refractivity contribution is 0.0954. The second kappa shape index (κ2) is 7.91. The van der Waals surface area contributed by atoms with Gasteiger partial charge in [-0.05, 0) is 35.1 Å². The van der Waals surface area contributed by atoms with E-state index in [2.05, 4.69) is 38.2 Å². The molecule has 2 rings (SSSR count). The van der Waals surface area contributed by atoms with Crippen LogP contribution in [0.1, 0.15) is 62.0 Å². The second-order valence-corrected chi connectivity index (χ2v) is 6.94. The van der Waals surface area contributed by atoms with Gasteiger partial charge in [-0.25, -0.2) is 5.43 Å². The van der Waals surface area contributed by atoms with Crippen molar-refractivity contribution in [3.8, 4) is 0 Å². The molecule has 0 fully saturated rings. The van der Waals surface area contributed by atoms with Gasteiger partial charge in [-0.2, -0.15) is 5.10 Å². The zero-order valence-electron chi connectivity index (χ0n) is 15.0. The highest BCUT2D eigenvalue weighted by atomic mass is 16.2. The molecule has 0 aliphatic carbocycles. The molecule has 1 N–H and O–H groups in total. The summed E-state index contributed by atoms with van der Waals surface area (Å²) in [6, 6.07) is 17.7. The van der Waals surface area contributed by atoms with Crippen molar-refractivity contribution in [2.75, 3.05) is 0 Å². The van der Waals surface area contributed by atoms with Crippen LogP contribution in [0.2, 0.25) is 0 Å². The third-order valence-electron chi connectivity index (χ3n) is 3.90. The Hall–Kier alpha value is -2.42. The van der Waals surface area contributed by atoms with Crippen LogP contribution in [0.3, 0.4) is 0 Å². The molecule has 3 nitrogen and oxygen atoms in total. The Morgan fingerprint density at radius 3 is 2.12 bits per heavy atom. The summed E-state index contributed by atoms with van der Waals surface area (Å²) in [4.78, 5) is 12.3. The molecular formula is C21H26N2O. The largest absolute Gasteiger partial charge is 0.271 e. The van der Waals surface area contributed by atoms with Crippen LogP contribution in [0.5, 0.6) is 0 Å². The van der Waals surface area contributed by atoms with Gasteiger partial charge in [0.25, 0.3) is 5.91 Å². The fraction of sp³-hybridized carbons (Fsp3) is 0.333. The second-order valence-electron chi connectivity index (χ2n) is 6.94. The molecule has 0 saturated heterocycles. The molecule has 0 unspecified atom stereocenters. The SMILES string of the molecule is CCC/C(=N/NC(=O)c1ccc(C(C)(C)C)cc1)c1ccccc1. The molecule has 1 amide bonds. The molecule has 0 aliphatic heterocycles. The summed E-state index contributed by atoms with van der Waals surface area (Å²) < 4.78 is 0. The van der Waals surface area contributed by atoms with Crippen LogP contribution >= 0.6 is 0 Å². The van der Waals surface area contributed by atoms with Gasteiger partial charge >= 0.3 is 0 Å². The number of carbonyl (C=O) groups excluding carboxylic acids is 1. The number of hydrogen-bond acceptors (Lipinski definition) is 2. The van der Waals surface area contributed by atoms with Gasteiger partial charge in [0.2, 0.25) is 0 Å². The molecule has 2 aromatic rings. The summed E-state index contributed by atoms with van der Waals surface area (Å²) >= 11 is 0. The zero-order valence-corrected chi connectivity index (χ0v) is 15.0. The molecule has 0 spiro atoms. The minimum Gasteiger partial charge on any atom is -0.267 e. The fourth-order valence-electron chi connectivity index (χ4n) is 2.44. The maximum Gasteiger partial charge on any atom is 0.271 e. The van der Waals surface area contributed by atoms with Crippen molar-refractivity contribution in [1.82, 2.24) is 5.43 Å². The van der Waals surface area contributed by atoms with E-state index in [1.165, 1.54) is 5.56 Å². The predicted molar refractivity (Wildman–Crippen MR) is 100 cm³/mol. The van der Waals surface area contributed by atoms with E-state index in [1.807, 2.05) is 54.6 Å². The van der Waals surface area contributed by atoms with Crippen LogP contribution in [-0.4, -0.2) is 11.6 Å². The Morgan fingerprint density at radius 1 is 0.958 bits per heavy atom. The molecule has 0 atom stereocenters. The molecule has 0 radical (unpaired) electrons. The maximum atomic E-state index is 12.3. The van der Waals surface area contributed by atoms with E-state index in [1.54, 1.807) is 0 Å². The van der Waals surface area contributed by atoms with Crippen molar-refractivity contribution in [3.05, 3.63) is 71.3 Å². The highest BCUT2D eigenvalue weighted by Gasteiger charge is 2.14. The third-order valence-corrected chi connectivity index (χ3v) is 3.90. The quantitative estimate of drug-likeness (QED) is 0.616. The Balaban J connectivity index is 2.12. The van der Waals surface area contributed by atoms with Crippen LogP contribution in [0.4, 0.5) is 0 Å². The lowest BCUT2D eigenvalue weighted by Gasteiger charge is -2.18. The van der Waals surface area contributed by atoms with Gasteiger partial charge in [0.15, 0.2) is 0 Å². The van der Waals surface area contributed by atoms with E-state index in [0.717, 1.165) is 24.1 Å². The molecule has 0 saturated carbocycles. The monoisotopic (exact) mass is 322 g/mol. The highest BCUT2D eigenvalue weighted by Crippen LogP contribution is 2.22. The van der Waals surface area contributed by atoms with Crippen molar-refractivity contribution in [3.63, 3.8) is 0 Å². The fourth-order valence-corrected chi connectivity index (χ4v) is 2.44. The molecule has 0 bridgehead atoms. The van der Waals surface area contributed by atoms with E-state index in [4.69, 9.17) is 0 Å². The predicted octanol–water partition coefficient (Wildman–Crippen LogP) is 4.92. The molecular weight excluding hydrogens is 296 g/mol. The summed E-state index contributed by atoms with van der Waals surface area (Å²) in [5.74, 6) is -0.181. The maximum absolute atomic E-state index is 12.3. The van der Waals surface area contributed by atoms with Crippen molar-refractivity contribution in [2.45, 2.75) is 46.0 Å². The first-order valence-corrected chi connectivity index (χ1v) is 8.44. The number of amides is 1. The number of nitrogens with one attached hydrogen (secondary N) is 1. The topological polar surface area (TPSA) is 41.5 Å². The van der Waals surface area contributed by atoms with Crippen LogP contribution in [0.25, 0.3) is 0 Å². The number of hydrogen-bond donors (Lipinski definition) is 1. The number of nitrogens with zero attached hydrogens (tertiary/aromatic N) is 1. The Kier molecular flexibility index (Phi) is 5.91. The summed E-state index contributed by atoms with van der Waals surface area (Å²) in [5, 5.41) is 4.35. The van der Waals surface area contributed by atoms with Gasteiger partial charge in [-0.1, -0.05) is 76.6 Å². The highest BCUT2D eigenvalue weighted by molar-refractivity contribution is 6.02. The minimum atomic E-state index is -0.181. The van der Waals surface area contributed by atoms with Crippen molar-refractivity contribution < 1.29 is 4.79 Å². The van der Waals surface area contributed by atoms with Crippen LogP contribution in [0, 0.1) is 0 Å². The molecule has 2 aromatic carbocycles. The van der Waals surface area contributed by atoms with E-state index < -0.39 is 0 Å². The standard InChI is InChI=1S/C21H26N2O/c1-5-9-19(16-10-7-6-8-11-16)22-23-20(24)17-12-14-18(15-13-17)21(2,3)4/h6-8,10-15H,5,9H2,1-4H3,(H,23,24)/b22-19-. The van der Waals surface area contributed by atoms with Crippen molar-refractivity contribution in [2.24, 2.45) is 5.10 Å². The summed E-state index contributed by atoms with van der Waals surface area (Å²) in [5.41, 5.74) is 6.54. The summed E-state index contributed by atoms with van der Waals surface area (Å²) in [7, 11) is 0. The van der Waals surface area contributed by atoms with E-state index >= 15 is 0 Å². The van der Waals surface area contributed by atoms with E-state index in [0.29, 0.717) is 5.56 Å². The van der Waals surface area contributed by atoms with E-state index in [9.17, 15) is 4.79 Å². The number of carbonyl (C=O) groups is 1. The molecule has 126 valence electrons. The Labute approximate surface area is 144 Å². The van der Waals surface area contributed by atoms with Gasteiger partial charge in [-0.15, -0.1) is 0 Å². The molecule has 0 aromatic heterocycles. The molecule has 0 aliphatic rings. The van der Waals surface area contributed by atoms with Crippen LogP contribution < -0.4 is 5.43 Å². The van der Waals surface area contributed by atoms with Gasteiger partial charge in [0.1, 0.15) is 0 Å². The zero-order chi connectivity index (χ0) is 17.6. The first-order chi connectivity index (χ1) is 11.4. The van der Waals surface area contributed by atoms with Crippen LogP contribution in [-0.2, 0) is 5.41 Å². The van der Waals surface area contributed by atoms with Gasteiger partial charge < -0.3 is 0 Å². The Morgan fingerprint density at radius 2 is 1.58 bits per heavy atom. The smallest absolute Gasteiger partial charge is 0.267 e. The van der Waals surface area contributed by atoms with Gasteiger partial charge in [0.05, 0.1) is 5.71 Å². The minimum absolute atomic E-state index is 0.0781. The summed E-state index contributed by atoms with van der Waals surface area (Å²) in [6.07, 6.45) is 1.80. The first kappa shape index (κ1) is 17.9. The average Bonchev–Trinajstić information content (AvgIpc) is 2.58. The summed E-state index contributed by atoms with van der Waals surface area (Å²) in [6.45, 7) is 8.57. The normalized spacial score (nSPS) is 12.1. The van der Waals surface area contributed by atoms with Crippen molar-refractivity contribution >= 4 is 11.6 Å². The lowest BCUT2D eigenvalue weighted by Crippen LogP contribution is -2.20. The number of rotatable bonds is 5. The molecule has 3 heteroatoms. The molecule has 24 heavy (non-hydrogen) atoms. The van der Waals surface area contributed by atoms with Crippen molar-refractivity contribution in [1.29, 1.82) is 0 Å². The number of benzene rings is 2. The van der Waals surface area contributed by atoms with E-state index in [-0.39, 0.29) is 11.3 Å². The lowest BCUT2D eigenvalue weighted by atomic mass is 9.87. The van der Waals surface area contributed by atoms with Gasteiger partial charge in [-0.3, -0.25) is 4.79 Å². The third kappa shape index (κ3) is 4.79. The first-order valence-electron chi connectivity index (χ1n) is 8.44. The van der Waals surface area contributed by atoms with Gasteiger partial charge in [0, 0.05) is 5.56 Å². The average molecular weight is 322 g/mol.